The molecule has 120 valence electrons. The molecule has 0 unspecified atom stereocenters. The van der Waals surface area contributed by atoms with Crippen molar-refractivity contribution in [1.29, 1.82) is 0 Å². The SMILES string of the molecule is COC(=O)CCN(Cc1ccc(C)cc1)C(=O)c1ccncc1. The Morgan fingerprint density at radius 1 is 1.09 bits per heavy atom. The number of carbonyl (C=O) groups excluding carboxylic acids is 2. The Morgan fingerprint density at radius 2 is 1.74 bits per heavy atom. The van der Waals surface area contributed by atoms with Gasteiger partial charge in [-0.2, -0.15) is 0 Å². The van der Waals surface area contributed by atoms with Gasteiger partial charge in [-0.25, -0.2) is 0 Å². The van der Waals surface area contributed by atoms with Crippen molar-refractivity contribution in [2.75, 3.05) is 13.7 Å². The fourth-order valence-corrected chi connectivity index (χ4v) is 2.17. The van der Waals surface area contributed by atoms with Gasteiger partial charge in [0, 0.05) is 31.0 Å². The van der Waals surface area contributed by atoms with E-state index in [-0.39, 0.29) is 18.3 Å². The predicted molar refractivity (Wildman–Crippen MR) is 86.8 cm³/mol. The number of benzene rings is 1. The summed E-state index contributed by atoms with van der Waals surface area (Å²) in [5, 5.41) is 0. The zero-order chi connectivity index (χ0) is 16.7. The molecule has 0 bridgehead atoms. The second kappa shape index (κ2) is 8.08. The third-order valence-electron chi connectivity index (χ3n) is 3.52. The minimum absolute atomic E-state index is 0.128. The summed E-state index contributed by atoms with van der Waals surface area (Å²) in [7, 11) is 1.34. The Balaban J connectivity index is 2.15. The number of pyridine rings is 1. The molecule has 0 radical (unpaired) electrons. The van der Waals surface area contributed by atoms with Crippen LogP contribution in [0.25, 0.3) is 0 Å². The molecule has 1 heterocycles. The van der Waals surface area contributed by atoms with Crippen molar-refractivity contribution in [3.8, 4) is 0 Å². The van der Waals surface area contributed by atoms with Gasteiger partial charge in [-0.15, -0.1) is 0 Å². The minimum atomic E-state index is -0.332. The highest BCUT2D eigenvalue weighted by atomic mass is 16.5. The van der Waals surface area contributed by atoms with Crippen molar-refractivity contribution in [2.24, 2.45) is 0 Å². The van der Waals surface area contributed by atoms with E-state index in [1.54, 1.807) is 29.4 Å². The van der Waals surface area contributed by atoms with Gasteiger partial charge in [-0.3, -0.25) is 14.6 Å². The molecule has 0 N–H and O–H groups in total. The first kappa shape index (κ1) is 16.7. The topological polar surface area (TPSA) is 59.5 Å². The quantitative estimate of drug-likeness (QED) is 0.769. The molecular formula is C18H20N2O3. The van der Waals surface area contributed by atoms with Gasteiger partial charge in [0.2, 0.25) is 0 Å². The molecule has 1 amide bonds. The molecule has 0 spiro atoms. The molecule has 1 aromatic heterocycles. The highest BCUT2D eigenvalue weighted by Gasteiger charge is 2.17. The standard InChI is InChI=1S/C18H20N2O3/c1-14-3-5-15(6-4-14)13-20(12-9-17(21)23-2)18(22)16-7-10-19-11-8-16/h3-8,10-11H,9,12-13H2,1-2H3. The number of ether oxygens (including phenoxy) is 1. The molecule has 0 saturated carbocycles. The molecule has 1 aromatic carbocycles. The summed E-state index contributed by atoms with van der Waals surface area (Å²) in [4.78, 5) is 29.6. The van der Waals surface area contributed by atoms with Crippen molar-refractivity contribution < 1.29 is 14.3 Å². The van der Waals surface area contributed by atoms with E-state index in [2.05, 4.69) is 9.72 Å². The first-order chi connectivity index (χ1) is 11.1. The normalized spacial score (nSPS) is 10.2. The summed E-state index contributed by atoms with van der Waals surface area (Å²) < 4.78 is 4.67. The van der Waals surface area contributed by atoms with Crippen LogP contribution in [-0.4, -0.2) is 35.4 Å². The van der Waals surface area contributed by atoms with E-state index in [1.807, 2.05) is 31.2 Å². The number of nitrogens with zero attached hydrogens (tertiary/aromatic N) is 2. The molecule has 5 heteroatoms. The number of aromatic nitrogens is 1. The molecule has 0 aliphatic heterocycles. The Bertz CT molecular complexity index is 654. The monoisotopic (exact) mass is 312 g/mol. The maximum Gasteiger partial charge on any atom is 0.307 e. The molecule has 0 aliphatic rings. The van der Waals surface area contributed by atoms with E-state index in [0.29, 0.717) is 18.7 Å². The largest absolute Gasteiger partial charge is 0.469 e. The van der Waals surface area contributed by atoms with Crippen LogP contribution in [0.5, 0.6) is 0 Å². The van der Waals surface area contributed by atoms with E-state index in [9.17, 15) is 9.59 Å². The van der Waals surface area contributed by atoms with Crippen LogP contribution in [0.1, 0.15) is 27.9 Å². The second-order valence-corrected chi connectivity index (χ2v) is 5.27. The first-order valence-electron chi connectivity index (χ1n) is 7.42. The molecule has 0 fully saturated rings. The van der Waals surface area contributed by atoms with Gasteiger partial charge >= 0.3 is 5.97 Å². The summed E-state index contributed by atoms with van der Waals surface area (Å²) in [5.41, 5.74) is 2.73. The molecule has 5 nitrogen and oxygen atoms in total. The van der Waals surface area contributed by atoms with Crippen molar-refractivity contribution >= 4 is 11.9 Å². The lowest BCUT2D eigenvalue weighted by Gasteiger charge is -2.22. The van der Waals surface area contributed by atoms with E-state index in [0.717, 1.165) is 11.1 Å². The maximum atomic E-state index is 12.7. The number of hydrogen-bond acceptors (Lipinski definition) is 4. The summed E-state index contributed by atoms with van der Waals surface area (Å²) in [6.07, 6.45) is 3.33. The number of esters is 1. The minimum Gasteiger partial charge on any atom is -0.469 e. The number of hydrogen-bond donors (Lipinski definition) is 0. The summed E-state index contributed by atoms with van der Waals surface area (Å²) >= 11 is 0. The molecule has 2 aromatic rings. The summed E-state index contributed by atoms with van der Waals surface area (Å²) in [6.45, 7) is 2.76. The lowest BCUT2D eigenvalue weighted by Crippen LogP contribution is -2.32. The Hall–Kier alpha value is -2.69. The molecule has 0 atom stereocenters. The van der Waals surface area contributed by atoms with Crippen LogP contribution >= 0.6 is 0 Å². The fourth-order valence-electron chi connectivity index (χ4n) is 2.17. The lowest BCUT2D eigenvalue weighted by molar-refractivity contribution is -0.140. The van der Waals surface area contributed by atoms with Gasteiger partial charge in [0.25, 0.3) is 5.91 Å². The smallest absolute Gasteiger partial charge is 0.307 e. The average molecular weight is 312 g/mol. The molecular weight excluding hydrogens is 292 g/mol. The fraction of sp³-hybridized carbons (Fsp3) is 0.278. The van der Waals surface area contributed by atoms with Crippen molar-refractivity contribution in [3.63, 3.8) is 0 Å². The van der Waals surface area contributed by atoms with Crippen LogP contribution in [0.4, 0.5) is 0 Å². The third kappa shape index (κ3) is 4.92. The average Bonchev–Trinajstić information content (AvgIpc) is 2.60. The maximum absolute atomic E-state index is 12.7. The van der Waals surface area contributed by atoms with Crippen LogP contribution in [0.15, 0.2) is 48.8 Å². The summed E-state index contributed by atoms with van der Waals surface area (Å²) in [5.74, 6) is -0.460. The molecule has 0 saturated heterocycles. The molecule has 0 aliphatic carbocycles. The van der Waals surface area contributed by atoms with Gasteiger partial charge in [-0.05, 0) is 24.6 Å². The molecule has 23 heavy (non-hydrogen) atoms. The zero-order valence-electron chi connectivity index (χ0n) is 13.4. The van der Waals surface area contributed by atoms with Crippen molar-refractivity contribution in [1.82, 2.24) is 9.88 Å². The van der Waals surface area contributed by atoms with Crippen molar-refractivity contribution in [3.05, 3.63) is 65.5 Å². The van der Waals surface area contributed by atoms with Crippen LogP contribution in [-0.2, 0) is 16.1 Å². The first-order valence-corrected chi connectivity index (χ1v) is 7.42. The third-order valence-corrected chi connectivity index (χ3v) is 3.52. The van der Waals surface area contributed by atoms with Crippen LogP contribution in [0.3, 0.4) is 0 Å². The van der Waals surface area contributed by atoms with E-state index in [4.69, 9.17) is 0 Å². The van der Waals surface area contributed by atoms with Crippen LogP contribution < -0.4 is 0 Å². The Morgan fingerprint density at radius 3 is 2.35 bits per heavy atom. The van der Waals surface area contributed by atoms with Crippen molar-refractivity contribution in [2.45, 2.75) is 19.9 Å². The zero-order valence-corrected chi connectivity index (χ0v) is 13.4. The van der Waals surface area contributed by atoms with E-state index < -0.39 is 0 Å². The van der Waals surface area contributed by atoms with Gasteiger partial charge in [0.1, 0.15) is 0 Å². The number of rotatable bonds is 6. The lowest BCUT2D eigenvalue weighted by atomic mass is 10.1. The predicted octanol–water partition coefficient (Wildman–Crippen LogP) is 2.60. The number of amides is 1. The Kier molecular flexibility index (Phi) is 5.86. The van der Waals surface area contributed by atoms with Gasteiger partial charge in [0.15, 0.2) is 0 Å². The summed E-state index contributed by atoms with van der Waals surface area (Å²) in [6, 6.07) is 11.3. The number of aryl methyl sites for hydroxylation is 1. The highest BCUT2D eigenvalue weighted by Crippen LogP contribution is 2.11. The van der Waals surface area contributed by atoms with Gasteiger partial charge < -0.3 is 9.64 Å². The van der Waals surface area contributed by atoms with E-state index >= 15 is 0 Å². The number of methoxy groups -OCH3 is 1. The molecule has 2 rings (SSSR count). The second-order valence-electron chi connectivity index (χ2n) is 5.27. The van der Waals surface area contributed by atoms with Gasteiger partial charge in [-0.1, -0.05) is 29.8 Å². The highest BCUT2D eigenvalue weighted by molar-refractivity contribution is 5.94. The van der Waals surface area contributed by atoms with Crippen LogP contribution in [0.2, 0.25) is 0 Å². The van der Waals surface area contributed by atoms with Crippen LogP contribution in [0, 0.1) is 6.92 Å². The Labute approximate surface area is 135 Å². The van der Waals surface area contributed by atoms with Gasteiger partial charge in [0.05, 0.1) is 13.5 Å². The number of carbonyl (C=O) groups is 2. The van der Waals surface area contributed by atoms with E-state index in [1.165, 1.54) is 7.11 Å².